The van der Waals surface area contributed by atoms with Crippen molar-refractivity contribution in [1.29, 1.82) is 0 Å². The Kier molecular flexibility index (Phi) is 7.92. The van der Waals surface area contributed by atoms with Crippen molar-refractivity contribution in [3.8, 4) is 11.5 Å². The van der Waals surface area contributed by atoms with Crippen molar-refractivity contribution in [2.45, 2.75) is 0 Å². The number of hydrogen-bond acceptors (Lipinski definition) is 5. The van der Waals surface area contributed by atoms with Crippen LogP contribution in [0.2, 0.25) is 10.0 Å². The van der Waals surface area contributed by atoms with Gasteiger partial charge in [0.05, 0.1) is 38.7 Å². The van der Waals surface area contributed by atoms with Crippen molar-refractivity contribution in [3.05, 3.63) is 46.4 Å². The predicted octanol–water partition coefficient (Wildman–Crippen LogP) is 3.52. The summed E-state index contributed by atoms with van der Waals surface area (Å²) in [5.41, 5.74) is 0.919. The standard InChI is InChI=1S/C19H21Cl2N3O4/c1-24(10-18(25)22-14-8-12(20)4-6-16(14)27-2)11-19(26)23-15-9-13(21)5-7-17(15)28-3/h4-9H,10-11H2,1-3H3,(H,22,25)(H,23,26). The topological polar surface area (TPSA) is 79.9 Å². The average molecular weight is 426 g/mol. The first-order valence-electron chi connectivity index (χ1n) is 8.27. The van der Waals surface area contributed by atoms with Gasteiger partial charge < -0.3 is 20.1 Å². The number of rotatable bonds is 8. The maximum Gasteiger partial charge on any atom is 0.238 e. The number of nitrogens with one attached hydrogen (secondary N) is 2. The second kappa shape index (κ2) is 10.2. The van der Waals surface area contributed by atoms with Crippen molar-refractivity contribution in [1.82, 2.24) is 4.90 Å². The normalized spacial score (nSPS) is 10.5. The van der Waals surface area contributed by atoms with Crippen molar-refractivity contribution in [2.75, 3.05) is 45.0 Å². The third-order valence-corrected chi connectivity index (χ3v) is 4.17. The van der Waals surface area contributed by atoms with E-state index < -0.39 is 0 Å². The van der Waals surface area contributed by atoms with Crippen LogP contribution in [-0.2, 0) is 9.59 Å². The van der Waals surface area contributed by atoms with E-state index in [1.165, 1.54) is 14.2 Å². The molecule has 2 aromatic carbocycles. The van der Waals surface area contributed by atoms with E-state index >= 15 is 0 Å². The molecule has 28 heavy (non-hydrogen) atoms. The summed E-state index contributed by atoms with van der Waals surface area (Å²) in [5, 5.41) is 6.39. The van der Waals surface area contributed by atoms with Gasteiger partial charge in [0.2, 0.25) is 11.8 Å². The lowest BCUT2D eigenvalue weighted by Crippen LogP contribution is -2.36. The van der Waals surface area contributed by atoms with Gasteiger partial charge in [0, 0.05) is 10.0 Å². The molecular formula is C19H21Cl2N3O4. The van der Waals surface area contributed by atoms with E-state index in [4.69, 9.17) is 32.7 Å². The van der Waals surface area contributed by atoms with Crippen LogP contribution < -0.4 is 20.1 Å². The van der Waals surface area contributed by atoms with Gasteiger partial charge in [0.1, 0.15) is 11.5 Å². The number of ether oxygens (including phenoxy) is 2. The molecule has 7 nitrogen and oxygen atoms in total. The fourth-order valence-electron chi connectivity index (χ4n) is 2.48. The van der Waals surface area contributed by atoms with Gasteiger partial charge in [0.15, 0.2) is 0 Å². The Morgan fingerprint density at radius 2 is 1.25 bits per heavy atom. The van der Waals surface area contributed by atoms with Crippen LogP contribution in [0.5, 0.6) is 11.5 Å². The molecule has 0 aromatic heterocycles. The van der Waals surface area contributed by atoms with Crippen LogP contribution in [0.25, 0.3) is 0 Å². The average Bonchev–Trinajstić information content (AvgIpc) is 2.61. The van der Waals surface area contributed by atoms with E-state index in [1.807, 2.05) is 0 Å². The first kappa shape index (κ1) is 21.8. The molecular weight excluding hydrogens is 405 g/mol. The molecule has 0 aliphatic rings. The molecule has 2 aromatic rings. The molecule has 0 saturated carbocycles. The lowest BCUT2D eigenvalue weighted by atomic mass is 10.3. The second-order valence-electron chi connectivity index (χ2n) is 5.96. The van der Waals surface area contributed by atoms with Crippen LogP contribution in [0.15, 0.2) is 36.4 Å². The Bertz CT molecular complexity index is 792. The van der Waals surface area contributed by atoms with Crippen molar-refractivity contribution < 1.29 is 19.1 Å². The van der Waals surface area contributed by atoms with Gasteiger partial charge in [-0.2, -0.15) is 0 Å². The summed E-state index contributed by atoms with van der Waals surface area (Å²) in [5.74, 6) is 0.366. The lowest BCUT2D eigenvalue weighted by Gasteiger charge is -2.17. The number of anilines is 2. The third-order valence-electron chi connectivity index (χ3n) is 3.70. The van der Waals surface area contributed by atoms with E-state index in [-0.39, 0.29) is 24.9 Å². The van der Waals surface area contributed by atoms with Crippen molar-refractivity contribution >= 4 is 46.4 Å². The summed E-state index contributed by atoms with van der Waals surface area (Å²) in [6.45, 7) is -0.00840. The number of carbonyl (C=O) groups is 2. The third kappa shape index (κ3) is 6.30. The van der Waals surface area contributed by atoms with Crippen LogP contribution in [0, 0.1) is 0 Å². The van der Waals surface area contributed by atoms with Gasteiger partial charge in [-0.1, -0.05) is 23.2 Å². The largest absolute Gasteiger partial charge is 0.495 e. The van der Waals surface area contributed by atoms with E-state index in [2.05, 4.69) is 10.6 Å². The minimum absolute atomic E-state index is 0.00420. The molecule has 150 valence electrons. The number of likely N-dealkylation sites (N-methyl/N-ethyl adjacent to an activating group) is 1. The highest BCUT2D eigenvalue weighted by molar-refractivity contribution is 6.31. The zero-order chi connectivity index (χ0) is 20.7. The van der Waals surface area contributed by atoms with Gasteiger partial charge in [0.25, 0.3) is 0 Å². The molecule has 0 unspecified atom stereocenters. The Morgan fingerprint density at radius 3 is 1.61 bits per heavy atom. The summed E-state index contributed by atoms with van der Waals surface area (Å²) in [6.07, 6.45) is 0. The van der Waals surface area contributed by atoms with Crippen LogP contribution in [-0.4, -0.2) is 51.1 Å². The predicted molar refractivity (Wildman–Crippen MR) is 111 cm³/mol. The number of hydrogen-bond donors (Lipinski definition) is 2. The quantitative estimate of drug-likeness (QED) is 0.676. The number of amides is 2. The van der Waals surface area contributed by atoms with E-state index in [1.54, 1.807) is 48.3 Å². The Morgan fingerprint density at radius 1 is 0.857 bits per heavy atom. The van der Waals surface area contributed by atoms with Crippen LogP contribution in [0.3, 0.4) is 0 Å². The Labute approximate surface area is 173 Å². The van der Waals surface area contributed by atoms with Gasteiger partial charge in [-0.25, -0.2) is 0 Å². The van der Waals surface area contributed by atoms with Gasteiger partial charge >= 0.3 is 0 Å². The maximum atomic E-state index is 12.3. The molecule has 0 heterocycles. The first-order chi connectivity index (χ1) is 13.3. The monoisotopic (exact) mass is 425 g/mol. The van der Waals surface area contributed by atoms with Gasteiger partial charge in [-0.3, -0.25) is 14.5 Å². The fraction of sp³-hybridized carbons (Fsp3) is 0.263. The Hall–Kier alpha value is -2.48. The van der Waals surface area contributed by atoms with Gasteiger partial charge in [-0.15, -0.1) is 0 Å². The zero-order valence-corrected chi connectivity index (χ0v) is 17.2. The van der Waals surface area contributed by atoms with E-state index in [0.717, 1.165) is 0 Å². The Balaban J connectivity index is 1.92. The number of methoxy groups -OCH3 is 2. The first-order valence-corrected chi connectivity index (χ1v) is 9.03. The molecule has 2 rings (SSSR count). The number of carbonyl (C=O) groups excluding carboxylic acids is 2. The molecule has 0 saturated heterocycles. The van der Waals surface area contributed by atoms with Crippen LogP contribution in [0.4, 0.5) is 11.4 Å². The number of benzene rings is 2. The van der Waals surface area contributed by atoms with Crippen LogP contribution >= 0.6 is 23.2 Å². The number of nitrogens with zero attached hydrogens (tertiary/aromatic N) is 1. The summed E-state index contributed by atoms with van der Waals surface area (Å²) in [4.78, 5) is 26.1. The molecule has 0 spiro atoms. The van der Waals surface area contributed by atoms with E-state index in [9.17, 15) is 9.59 Å². The summed E-state index contributed by atoms with van der Waals surface area (Å²) < 4.78 is 10.4. The summed E-state index contributed by atoms with van der Waals surface area (Å²) >= 11 is 11.9. The minimum atomic E-state index is -0.309. The number of halogens is 2. The van der Waals surface area contributed by atoms with Crippen LogP contribution in [0.1, 0.15) is 0 Å². The lowest BCUT2D eigenvalue weighted by molar-refractivity contribution is -0.119. The molecule has 2 amide bonds. The fourth-order valence-corrected chi connectivity index (χ4v) is 2.83. The molecule has 0 radical (unpaired) electrons. The highest BCUT2D eigenvalue weighted by Gasteiger charge is 2.14. The smallest absolute Gasteiger partial charge is 0.238 e. The van der Waals surface area contributed by atoms with Gasteiger partial charge in [-0.05, 0) is 43.4 Å². The van der Waals surface area contributed by atoms with Crippen molar-refractivity contribution in [3.63, 3.8) is 0 Å². The second-order valence-corrected chi connectivity index (χ2v) is 6.83. The van der Waals surface area contributed by atoms with E-state index in [0.29, 0.717) is 32.9 Å². The molecule has 0 bridgehead atoms. The molecule has 0 aliphatic carbocycles. The molecule has 9 heteroatoms. The molecule has 0 aliphatic heterocycles. The highest BCUT2D eigenvalue weighted by Crippen LogP contribution is 2.28. The summed E-state index contributed by atoms with van der Waals surface area (Å²) in [6, 6.07) is 9.83. The molecule has 0 atom stereocenters. The zero-order valence-electron chi connectivity index (χ0n) is 15.7. The van der Waals surface area contributed by atoms with Crippen molar-refractivity contribution in [2.24, 2.45) is 0 Å². The molecule has 2 N–H and O–H groups in total. The molecule has 0 fully saturated rings. The minimum Gasteiger partial charge on any atom is -0.495 e. The SMILES string of the molecule is COc1ccc(Cl)cc1NC(=O)CN(C)CC(=O)Nc1cc(Cl)ccc1OC. The highest BCUT2D eigenvalue weighted by atomic mass is 35.5. The summed E-state index contributed by atoms with van der Waals surface area (Å²) in [7, 11) is 4.66. The maximum absolute atomic E-state index is 12.3.